The van der Waals surface area contributed by atoms with Crippen LogP contribution in [0.2, 0.25) is 5.28 Å². The van der Waals surface area contributed by atoms with Gasteiger partial charge in [-0.25, -0.2) is 0 Å². The predicted octanol–water partition coefficient (Wildman–Crippen LogP) is 3.82. The van der Waals surface area contributed by atoms with Crippen molar-refractivity contribution in [1.82, 2.24) is 15.0 Å². The molecule has 5 nitrogen and oxygen atoms in total. The van der Waals surface area contributed by atoms with E-state index in [2.05, 4.69) is 36.2 Å². The second-order valence-electron chi connectivity index (χ2n) is 3.75. The van der Waals surface area contributed by atoms with Crippen molar-refractivity contribution >= 4 is 33.5 Å². The first-order chi connectivity index (χ1) is 9.08. The summed E-state index contributed by atoms with van der Waals surface area (Å²) in [4.78, 5) is 12.0. The van der Waals surface area contributed by atoms with Crippen LogP contribution in [0.4, 0.5) is 5.95 Å². The fraction of sp³-hybridized carbons (Fsp3) is 0.250. The molecule has 0 bridgehead atoms. The summed E-state index contributed by atoms with van der Waals surface area (Å²) in [6.07, 6.45) is 0. The average Bonchev–Trinajstić information content (AvgIpc) is 2.33. The first kappa shape index (κ1) is 14.0. The Bertz CT molecular complexity index is 594. The molecule has 0 radical (unpaired) electrons. The highest BCUT2D eigenvalue weighted by Crippen LogP contribution is 2.25. The molecule has 1 aromatic carbocycles. The van der Waals surface area contributed by atoms with E-state index >= 15 is 0 Å². The third-order valence-electron chi connectivity index (χ3n) is 2.26. The minimum Gasteiger partial charge on any atom is -0.424 e. The normalized spacial score (nSPS) is 10.3. The quantitative estimate of drug-likeness (QED) is 0.914. The van der Waals surface area contributed by atoms with Gasteiger partial charge >= 0.3 is 6.01 Å². The number of benzene rings is 1. The number of hydrogen-bond donors (Lipinski definition) is 1. The molecular formula is C12H12BrClN4O. The van der Waals surface area contributed by atoms with Gasteiger partial charge in [-0.15, -0.1) is 0 Å². The van der Waals surface area contributed by atoms with Crippen molar-refractivity contribution in [2.24, 2.45) is 0 Å². The van der Waals surface area contributed by atoms with E-state index in [0.29, 0.717) is 18.2 Å². The SMILES string of the molecule is CCNc1nc(Cl)nc(Oc2ccc(Br)c(C)c2)n1. The number of rotatable bonds is 4. The monoisotopic (exact) mass is 342 g/mol. The van der Waals surface area contributed by atoms with Crippen LogP contribution in [-0.2, 0) is 0 Å². The molecule has 0 fully saturated rings. The Morgan fingerprint density at radius 2 is 2.11 bits per heavy atom. The van der Waals surface area contributed by atoms with Crippen LogP contribution in [0.5, 0.6) is 11.8 Å². The van der Waals surface area contributed by atoms with Gasteiger partial charge in [-0.05, 0) is 49.2 Å². The van der Waals surface area contributed by atoms with Crippen molar-refractivity contribution in [2.75, 3.05) is 11.9 Å². The average molecular weight is 344 g/mol. The molecular weight excluding hydrogens is 332 g/mol. The lowest BCUT2D eigenvalue weighted by Gasteiger charge is -2.07. The minimum atomic E-state index is 0.0924. The maximum absolute atomic E-state index is 5.82. The second-order valence-corrected chi connectivity index (χ2v) is 4.95. The molecule has 0 aliphatic heterocycles. The zero-order valence-corrected chi connectivity index (χ0v) is 12.8. The first-order valence-corrected chi connectivity index (χ1v) is 6.85. The molecule has 0 atom stereocenters. The van der Waals surface area contributed by atoms with Crippen LogP contribution in [0.15, 0.2) is 22.7 Å². The number of aryl methyl sites for hydroxylation is 1. The number of aromatic nitrogens is 3. The fourth-order valence-electron chi connectivity index (χ4n) is 1.40. The van der Waals surface area contributed by atoms with Crippen molar-refractivity contribution < 1.29 is 4.74 Å². The van der Waals surface area contributed by atoms with Crippen LogP contribution in [-0.4, -0.2) is 21.5 Å². The van der Waals surface area contributed by atoms with Gasteiger partial charge in [-0.2, -0.15) is 15.0 Å². The third kappa shape index (κ3) is 3.78. The molecule has 0 saturated carbocycles. The Hall–Kier alpha value is -1.40. The molecule has 0 spiro atoms. The van der Waals surface area contributed by atoms with E-state index < -0.39 is 0 Å². The van der Waals surface area contributed by atoms with Gasteiger partial charge in [0.15, 0.2) is 0 Å². The van der Waals surface area contributed by atoms with Crippen LogP contribution < -0.4 is 10.1 Å². The molecule has 7 heteroatoms. The molecule has 0 saturated heterocycles. The Labute approximate surface area is 124 Å². The van der Waals surface area contributed by atoms with E-state index in [4.69, 9.17) is 16.3 Å². The van der Waals surface area contributed by atoms with Crippen LogP contribution in [0, 0.1) is 6.92 Å². The molecule has 0 unspecified atom stereocenters. The molecule has 1 N–H and O–H groups in total. The van der Waals surface area contributed by atoms with Gasteiger partial charge in [0.25, 0.3) is 0 Å². The number of halogens is 2. The standard InChI is InChI=1S/C12H12BrClN4O/c1-3-15-11-16-10(14)17-12(18-11)19-8-4-5-9(13)7(2)6-8/h4-6H,3H2,1-2H3,(H,15,16,17,18). The van der Waals surface area contributed by atoms with Gasteiger partial charge in [0.2, 0.25) is 11.2 Å². The summed E-state index contributed by atoms with van der Waals surface area (Å²) in [5, 5.41) is 3.05. The van der Waals surface area contributed by atoms with Gasteiger partial charge < -0.3 is 10.1 Å². The highest BCUT2D eigenvalue weighted by Gasteiger charge is 2.07. The van der Waals surface area contributed by atoms with E-state index in [1.165, 1.54) is 0 Å². The number of nitrogens with one attached hydrogen (secondary N) is 1. The Kier molecular flexibility index (Phi) is 4.55. The molecule has 1 aromatic heterocycles. The summed E-state index contributed by atoms with van der Waals surface area (Å²) in [6.45, 7) is 4.61. The van der Waals surface area contributed by atoms with Crippen LogP contribution >= 0.6 is 27.5 Å². The van der Waals surface area contributed by atoms with Crippen molar-refractivity contribution in [3.63, 3.8) is 0 Å². The molecule has 2 rings (SSSR count). The largest absolute Gasteiger partial charge is 0.424 e. The summed E-state index contributed by atoms with van der Waals surface area (Å²) < 4.78 is 6.59. The Morgan fingerprint density at radius 3 is 2.79 bits per heavy atom. The summed E-state index contributed by atoms with van der Waals surface area (Å²) in [5.74, 6) is 1.04. The zero-order valence-electron chi connectivity index (χ0n) is 10.4. The van der Waals surface area contributed by atoms with E-state index in [1.54, 1.807) is 0 Å². The van der Waals surface area contributed by atoms with E-state index in [9.17, 15) is 0 Å². The molecule has 0 amide bonds. The summed E-state index contributed by atoms with van der Waals surface area (Å²) in [6, 6.07) is 5.77. The van der Waals surface area contributed by atoms with E-state index in [-0.39, 0.29) is 11.3 Å². The second kappa shape index (κ2) is 6.16. The molecule has 0 aliphatic rings. The summed E-state index contributed by atoms with van der Waals surface area (Å²) >= 11 is 9.25. The van der Waals surface area contributed by atoms with Crippen molar-refractivity contribution in [3.8, 4) is 11.8 Å². The predicted molar refractivity (Wildman–Crippen MR) is 78.0 cm³/mol. The number of hydrogen-bond acceptors (Lipinski definition) is 5. The highest BCUT2D eigenvalue weighted by atomic mass is 79.9. The highest BCUT2D eigenvalue weighted by molar-refractivity contribution is 9.10. The maximum atomic E-state index is 5.82. The van der Waals surface area contributed by atoms with Crippen molar-refractivity contribution in [3.05, 3.63) is 33.5 Å². The van der Waals surface area contributed by atoms with Crippen molar-refractivity contribution in [1.29, 1.82) is 0 Å². The lowest BCUT2D eigenvalue weighted by atomic mass is 10.2. The molecule has 0 aliphatic carbocycles. The van der Waals surface area contributed by atoms with Gasteiger partial charge in [-0.1, -0.05) is 15.9 Å². The lowest BCUT2D eigenvalue weighted by molar-refractivity contribution is 0.440. The van der Waals surface area contributed by atoms with Gasteiger partial charge in [0.1, 0.15) is 5.75 Å². The first-order valence-electron chi connectivity index (χ1n) is 5.68. The molecule has 2 aromatic rings. The molecule has 100 valence electrons. The van der Waals surface area contributed by atoms with E-state index in [0.717, 1.165) is 10.0 Å². The third-order valence-corrected chi connectivity index (χ3v) is 3.32. The lowest BCUT2D eigenvalue weighted by Crippen LogP contribution is -2.04. The topological polar surface area (TPSA) is 59.9 Å². The smallest absolute Gasteiger partial charge is 0.328 e. The number of nitrogens with zero attached hydrogens (tertiary/aromatic N) is 3. The molecule has 1 heterocycles. The van der Waals surface area contributed by atoms with Gasteiger partial charge in [0.05, 0.1) is 0 Å². The Morgan fingerprint density at radius 1 is 1.32 bits per heavy atom. The molecule has 19 heavy (non-hydrogen) atoms. The Balaban J connectivity index is 2.24. The fourth-order valence-corrected chi connectivity index (χ4v) is 1.80. The van der Waals surface area contributed by atoms with Crippen LogP contribution in [0.1, 0.15) is 12.5 Å². The summed E-state index contributed by atoms with van der Waals surface area (Å²) in [5.41, 5.74) is 1.06. The minimum absolute atomic E-state index is 0.0924. The number of ether oxygens (including phenoxy) is 1. The zero-order chi connectivity index (χ0) is 13.8. The van der Waals surface area contributed by atoms with Crippen molar-refractivity contribution in [2.45, 2.75) is 13.8 Å². The summed E-state index contributed by atoms with van der Waals surface area (Å²) in [7, 11) is 0. The van der Waals surface area contributed by atoms with Crippen LogP contribution in [0.3, 0.4) is 0 Å². The van der Waals surface area contributed by atoms with Gasteiger partial charge in [-0.3, -0.25) is 0 Å². The van der Waals surface area contributed by atoms with Gasteiger partial charge in [0, 0.05) is 11.0 Å². The number of anilines is 1. The van der Waals surface area contributed by atoms with E-state index in [1.807, 2.05) is 32.0 Å². The maximum Gasteiger partial charge on any atom is 0.328 e. The van der Waals surface area contributed by atoms with Crippen LogP contribution in [0.25, 0.3) is 0 Å².